The van der Waals surface area contributed by atoms with E-state index in [-0.39, 0.29) is 16.7 Å². The summed E-state index contributed by atoms with van der Waals surface area (Å²) in [4.78, 5) is 31.9. The van der Waals surface area contributed by atoms with Gasteiger partial charge >= 0.3 is 0 Å². The number of carbonyl (C=O) groups excluding carboxylic acids is 2. The van der Waals surface area contributed by atoms with Crippen LogP contribution in [-0.4, -0.2) is 62.3 Å². The molecule has 160 valence electrons. The number of anilines is 2. The standard InChI is InChI=1S/C20H25N5O4S/c1-15(23-30(28,29)18-8-6-17(7-9-18)22-16(2)26)20(27)25-13-11-24(12-14-25)19-5-3-4-10-21-19/h3-10,15,23H,11-14H2,1-2H3,(H,22,26)/t15-/m0/s1. The number of hydrogen-bond donors (Lipinski definition) is 2. The van der Waals surface area contributed by atoms with Crippen molar-refractivity contribution in [1.82, 2.24) is 14.6 Å². The molecule has 2 N–H and O–H groups in total. The molecular formula is C20H25N5O4S. The number of benzene rings is 1. The van der Waals surface area contributed by atoms with E-state index < -0.39 is 16.1 Å². The molecule has 2 amide bonds. The Hall–Kier alpha value is -2.98. The first-order valence-electron chi connectivity index (χ1n) is 9.61. The third kappa shape index (κ3) is 5.33. The van der Waals surface area contributed by atoms with Crippen LogP contribution in [0.1, 0.15) is 13.8 Å². The number of rotatable bonds is 6. The minimum atomic E-state index is -3.87. The van der Waals surface area contributed by atoms with E-state index in [9.17, 15) is 18.0 Å². The summed E-state index contributed by atoms with van der Waals surface area (Å²) >= 11 is 0. The van der Waals surface area contributed by atoms with Gasteiger partial charge in [0.15, 0.2) is 0 Å². The zero-order valence-corrected chi connectivity index (χ0v) is 17.7. The Bertz CT molecular complexity index is 988. The summed E-state index contributed by atoms with van der Waals surface area (Å²) in [6, 6.07) is 10.6. The predicted molar refractivity (Wildman–Crippen MR) is 114 cm³/mol. The van der Waals surface area contributed by atoms with E-state index in [1.807, 2.05) is 18.2 Å². The Morgan fingerprint density at radius 2 is 1.70 bits per heavy atom. The molecule has 2 aromatic rings. The fourth-order valence-electron chi connectivity index (χ4n) is 3.24. The van der Waals surface area contributed by atoms with Gasteiger partial charge in [0.2, 0.25) is 21.8 Å². The molecule has 30 heavy (non-hydrogen) atoms. The number of carbonyl (C=O) groups is 2. The van der Waals surface area contributed by atoms with Crippen LogP contribution in [0.3, 0.4) is 0 Å². The van der Waals surface area contributed by atoms with E-state index in [2.05, 4.69) is 19.9 Å². The average molecular weight is 432 g/mol. The summed E-state index contributed by atoms with van der Waals surface area (Å²) in [5.74, 6) is 0.348. The predicted octanol–water partition coefficient (Wildman–Crippen LogP) is 1.06. The van der Waals surface area contributed by atoms with Gasteiger partial charge in [-0.2, -0.15) is 4.72 Å². The van der Waals surface area contributed by atoms with Gasteiger partial charge in [0.1, 0.15) is 5.82 Å². The van der Waals surface area contributed by atoms with Crippen LogP contribution in [0.5, 0.6) is 0 Å². The normalized spacial score (nSPS) is 15.5. The fourth-order valence-corrected chi connectivity index (χ4v) is 4.44. The summed E-state index contributed by atoms with van der Waals surface area (Å²) in [6.45, 7) is 5.16. The molecule has 0 aliphatic carbocycles. The first kappa shape index (κ1) is 21.7. The highest BCUT2D eigenvalue weighted by atomic mass is 32.2. The second kappa shape index (κ2) is 9.23. The van der Waals surface area contributed by atoms with Gasteiger partial charge in [-0.3, -0.25) is 9.59 Å². The minimum Gasteiger partial charge on any atom is -0.353 e. The van der Waals surface area contributed by atoms with Crippen molar-refractivity contribution in [2.24, 2.45) is 0 Å². The molecule has 0 spiro atoms. The molecule has 10 heteroatoms. The van der Waals surface area contributed by atoms with Crippen LogP contribution in [0, 0.1) is 0 Å². The molecule has 1 aromatic carbocycles. The molecule has 0 unspecified atom stereocenters. The Morgan fingerprint density at radius 3 is 2.27 bits per heavy atom. The van der Waals surface area contributed by atoms with Crippen LogP contribution in [0.4, 0.5) is 11.5 Å². The quantitative estimate of drug-likeness (QED) is 0.707. The van der Waals surface area contributed by atoms with Crippen LogP contribution < -0.4 is 14.9 Å². The second-order valence-electron chi connectivity index (χ2n) is 7.05. The molecule has 0 radical (unpaired) electrons. The number of pyridine rings is 1. The van der Waals surface area contributed by atoms with Gasteiger partial charge < -0.3 is 15.1 Å². The number of aromatic nitrogens is 1. The van der Waals surface area contributed by atoms with Gasteiger partial charge in [0, 0.05) is 45.0 Å². The van der Waals surface area contributed by atoms with Crippen molar-refractivity contribution in [3.63, 3.8) is 0 Å². The molecule has 0 bridgehead atoms. The molecular weight excluding hydrogens is 406 g/mol. The third-order valence-electron chi connectivity index (χ3n) is 4.75. The molecule has 1 aliphatic heterocycles. The third-order valence-corrected chi connectivity index (χ3v) is 6.31. The Labute approximate surface area is 176 Å². The Balaban J connectivity index is 1.57. The number of amides is 2. The first-order chi connectivity index (χ1) is 14.3. The van der Waals surface area contributed by atoms with Crippen LogP contribution in [0.25, 0.3) is 0 Å². The maximum Gasteiger partial charge on any atom is 0.241 e. The topological polar surface area (TPSA) is 112 Å². The van der Waals surface area contributed by atoms with Gasteiger partial charge in [-0.05, 0) is 43.3 Å². The van der Waals surface area contributed by atoms with Crippen LogP contribution >= 0.6 is 0 Å². The number of hydrogen-bond acceptors (Lipinski definition) is 6. The van der Waals surface area contributed by atoms with Gasteiger partial charge in [-0.25, -0.2) is 13.4 Å². The molecule has 1 aromatic heterocycles. The Kier molecular flexibility index (Phi) is 6.68. The van der Waals surface area contributed by atoms with Gasteiger partial charge in [0.05, 0.1) is 10.9 Å². The fraction of sp³-hybridized carbons (Fsp3) is 0.350. The van der Waals surface area contributed by atoms with Gasteiger partial charge in [0.25, 0.3) is 0 Å². The van der Waals surface area contributed by atoms with Crippen LogP contribution in [0.2, 0.25) is 0 Å². The largest absolute Gasteiger partial charge is 0.353 e. The number of nitrogens with zero attached hydrogens (tertiary/aromatic N) is 3. The lowest BCUT2D eigenvalue weighted by Gasteiger charge is -2.36. The maximum absolute atomic E-state index is 12.7. The zero-order chi connectivity index (χ0) is 21.7. The molecule has 1 fully saturated rings. The molecule has 0 saturated carbocycles. The summed E-state index contributed by atoms with van der Waals surface area (Å²) < 4.78 is 27.7. The monoisotopic (exact) mass is 431 g/mol. The molecule has 1 saturated heterocycles. The van der Waals surface area contributed by atoms with Crippen molar-refractivity contribution in [2.45, 2.75) is 24.8 Å². The Morgan fingerprint density at radius 1 is 1.03 bits per heavy atom. The molecule has 9 nitrogen and oxygen atoms in total. The highest BCUT2D eigenvalue weighted by Crippen LogP contribution is 2.16. The number of nitrogens with one attached hydrogen (secondary N) is 2. The lowest BCUT2D eigenvalue weighted by atomic mass is 10.2. The van der Waals surface area contributed by atoms with Crippen LogP contribution in [0.15, 0.2) is 53.6 Å². The zero-order valence-electron chi connectivity index (χ0n) is 16.9. The first-order valence-corrected chi connectivity index (χ1v) is 11.1. The summed E-state index contributed by atoms with van der Waals surface area (Å²) in [5.41, 5.74) is 0.497. The lowest BCUT2D eigenvalue weighted by Crippen LogP contribution is -2.54. The number of sulfonamides is 1. The molecule has 2 heterocycles. The van der Waals surface area contributed by atoms with E-state index >= 15 is 0 Å². The summed E-state index contributed by atoms with van der Waals surface area (Å²) in [5, 5.41) is 2.58. The molecule has 1 aliphatic rings. The summed E-state index contributed by atoms with van der Waals surface area (Å²) in [7, 11) is -3.87. The average Bonchev–Trinajstić information content (AvgIpc) is 2.73. The molecule has 3 rings (SSSR count). The highest BCUT2D eigenvalue weighted by molar-refractivity contribution is 7.89. The summed E-state index contributed by atoms with van der Waals surface area (Å²) in [6.07, 6.45) is 1.73. The van der Waals surface area contributed by atoms with Crippen molar-refractivity contribution in [3.8, 4) is 0 Å². The second-order valence-corrected chi connectivity index (χ2v) is 8.76. The van der Waals surface area contributed by atoms with Gasteiger partial charge in [-0.15, -0.1) is 0 Å². The number of piperazine rings is 1. The van der Waals surface area contributed by atoms with Crippen molar-refractivity contribution in [3.05, 3.63) is 48.7 Å². The minimum absolute atomic E-state index is 0.0243. The SMILES string of the molecule is CC(=O)Nc1ccc(S(=O)(=O)N[C@@H](C)C(=O)N2CCN(c3ccccn3)CC2)cc1. The van der Waals surface area contributed by atoms with Crippen molar-refractivity contribution in [2.75, 3.05) is 36.4 Å². The van der Waals surface area contributed by atoms with E-state index in [0.717, 1.165) is 5.82 Å². The van der Waals surface area contributed by atoms with E-state index in [0.29, 0.717) is 31.9 Å². The smallest absolute Gasteiger partial charge is 0.241 e. The van der Waals surface area contributed by atoms with E-state index in [1.54, 1.807) is 11.1 Å². The van der Waals surface area contributed by atoms with Crippen molar-refractivity contribution in [1.29, 1.82) is 0 Å². The van der Waals surface area contributed by atoms with Gasteiger partial charge in [-0.1, -0.05) is 6.07 Å². The molecule has 1 atom stereocenters. The highest BCUT2D eigenvalue weighted by Gasteiger charge is 2.28. The van der Waals surface area contributed by atoms with Crippen molar-refractivity contribution >= 4 is 33.3 Å². The van der Waals surface area contributed by atoms with E-state index in [1.165, 1.54) is 38.1 Å². The van der Waals surface area contributed by atoms with E-state index in [4.69, 9.17) is 0 Å². The van der Waals surface area contributed by atoms with Crippen molar-refractivity contribution < 1.29 is 18.0 Å². The maximum atomic E-state index is 12.7. The van der Waals surface area contributed by atoms with Crippen LogP contribution in [-0.2, 0) is 19.6 Å². The lowest BCUT2D eigenvalue weighted by molar-refractivity contribution is -0.132.